The largest absolute Gasteiger partial charge is 0.383 e. The van der Waals surface area contributed by atoms with E-state index in [1.165, 1.54) is 10.8 Å². The normalized spacial score (nSPS) is 11.3. The molecule has 0 unspecified atom stereocenters. The third-order valence-corrected chi connectivity index (χ3v) is 3.20. The van der Waals surface area contributed by atoms with E-state index >= 15 is 0 Å². The fourth-order valence-electron chi connectivity index (χ4n) is 2.02. The quantitative estimate of drug-likeness (QED) is 0.836. The molecule has 2 N–H and O–H groups in total. The molecule has 20 heavy (non-hydrogen) atoms. The minimum absolute atomic E-state index is 0.0808. The van der Waals surface area contributed by atoms with Gasteiger partial charge in [-0.05, 0) is 11.5 Å². The lowest BCUT2D eigenvalue weighted by molar-refractivity contribution is -0.128. The Kier molecular flexibility index (Phi) is 4.28. The molecule has 0 bridgehead atoms. The Balaban J connectivity index is 1.92. The van der Waals surface area contributed by atoms with E-state index in [2.05, 4.69) is 34.9 Å². The van der Waals surface area contributed by atoms with Gasteiger partial charge in [0.05, 0.1) is 0 Å². The van der Waals surface area contributed by atoms with E-state index < -0.39 is 0 Å². The molecule has 2 aromatic carbocycles. The van der Waals surface area contributed by atoms with Crippen LogP contribution in [0.2, 0.25) is 0 Å². The van der Waals surface area contributed by atoms with Crippen LogP contribution in [0.1, 0.15) is 20.8 Å². The predicted octanol–water partition coefficient (Wildman–Crippen LogP) is 3.41. The Hall–Kier alpha value is -2.03. The van der Waals surface area contributed by atoms with Crippen LogP contribution in [0, 0.1) is 5.41 Å². The van der Waals surface area contributed by atoms with Crippen molar-refractivity contribution in [2.24, 2.45) is 5.41 Å². The monoisotopic (exact) mass is 270 g/mol. The first-order valence-electron chi connectivity index (χ1n) is 6.98. The Morgan fingerprint density at radius 3 is 2.45 bits per heavy atom. The first-order chi connectivity index (χ1) is 9.48. The zero-order chi connectivity index (χ0) is 14.6. The van der Waals surface area contributed by atoms with E-state index in [0.29, 0.717) is 6.54 Å². The summed E-state index contributed by atoms with van der Waals surface area (Å²) < 4.78 is 0. The van der Waals surface area contributed by atoms with Gasteiger partial charge in [-0.3, -0.25) is 4.79 Å². The average Bonchev–Trinajstić information content (AvgIpc) is 2.42. The van der Waals surface area contributed by atoms with Gasteiger partial charge in [0.25, 0.3) is 0 Å². The molecule has 0 radical (unpaired) electrons. The fraction of sp³-hybridized carbons (Fsp3) is 0.353. The third kappa shape index (κ3) is 3.50. The van der Waals surface area contributed by atoms with E-state index in [9.17, 15) is 4.79 Å². The highest BCUT2D eigenvalue weighted by Crippen LogP contribution is 2.22. The summed E-state index contributed by atoms with van der Waals surface area (Å²) in [7, 11) is 0. The number of benzene rings is 2. The van der Waals surface area contributed by atoms with Gasteiger partial charge in [0.2, 0.25) is 5.91 Å². The van der Waals surface area contributed by atoms with E-state index in [1.807, 2.05) is 39.0 Å². The summed E-state index contributed by atoms with van der Waals surface area (Å²) >= 11 is 0. The summed E-state index contributed by atoms with van der Waals surface area (Å²) in [5, 5.41) is 8.74. The minimum atomic E-state index is -0.334. The van der Waals surface area contributed by atoms with E-state index in [1.54, 1.807) is 0 Å². The van der Waals surface area contributed by atoms with Crippen molar-refractivity contribution >= 4 is 22.4 Å². The maximum atomic E-state index is 11.7. The molecule has 3 nitrogen and oxygen atoms in total. The molecular weight excluding hydrogens is 248 g/mol. The second-order valence-corrected chi connectivity index (χ2v) is 5.96. The Labute approximate surface area is 120 Å². The summed E-state index contributed by atoms with van der Waals surface area (Å²) in [5.74, 6) is 0.0808. The molecule has 0 aromatic heterocycles. The van der Waals surface area contributed by atoms with Crippen molar-refractivity contribution in [1.29, 1.82) is 0 Å². The van der Waals surface area contributed by atoms with Crippen LogP contribution in [0.4, 0.5) is 5.69 Å². The van der Waals surface area contributed by atoms with Gasteiger partial charge in [-0.2, -0.15) is 0 Å². The van der Waals surface area contributed by atoms with Gasteiger partial charge in [0.15, 0.2) is 0 Å². The van der Waals surface area contributed by atoms with Crippen LogP contribution < -0.4 is 10.6 Å². The highest BCUT2D eigenvalue weighted by Gasteiger charge is 2.20. The molecule has 0 aliphatic rings. The fourth-order valence-corrected chi connectivity index (χ4v) is 2.02. The topological polar surface area (TPSA) is 41.1 Å². The smallest absolute Gasteiger partial charge is 0.225 e. The third-order valence-electron chi connectivity index (χ3n) is 3.20. The second kappa shape index (κ2) is 5.95. The van der Waals surface area contributed by atoms with Gasteiger partial charge in [0.1, 0.15) is 0 Å². The maximum Gasteiger partial charge on any atom is 0.225 e. The van der Waals surface area contributed by atoms with Crippen molar-refractivity contribution in [2.75, 3.05) is 18.4 Å². The number of nitrogens with one attached hydrogen (secondary N) is 2. The lowest BCUT2D eigenvalue weighted by Gasteiger charge is -2.18. The number of amides is 1. The molecule has 0 aliphatic heterocycles. The van der Waals surface area contributed by atoms with Gasteiger partial charge < -0.3 is 10.6 Å². The van der Waals surface area contributed by atoms with Crippen molar-refractivity contribution in [3.8, 4) is 0 Å². The molecule has 0 spiro atoms. The Morgan fingerprint density at radius 1 is 1.00 bits per heavy atom. The van der Waals surface area contributed by atoms with Gasteiger partial charge in [0, 0.05) is 29.6 Å². The summed E-state index contributed by atoms with van der Waals surface area (Å²) in [6.07, 6.45) is 0. The molecule has 0 fully saturated rings. The number of hydrogen-bond donors (Lipinski definition) is 2. The van der Waals surface area contributed by atoms with Crippen molar-refractivity contribution in [2.45, 2.75) is 20.8 Å². The van der Waals surface area contributed by atoms with Crippen molar-refractivity contribution in [3.05, 3.63) is 42.5 Å². The van der Waals surface area contributed by atoms with Gasteiger partial charge in [-0.1, -0.05) is 57.2 Å². The van der Waals surface area contributed by atoms with Gasteiger partial charge in [-0.25, -0.2) is 0 Å². The minimum Gasteiger partial charge on any atom is -0.383 e. The summed E-state index contributed by atoms with van der Waals surface area (Å²) in [5.41, 5.74) is 0.771. The molecule has 2 aromatic rings. The molecule has 106 valence electrons. The van der Waals surface area contributed by atoms with Gasteiger partial charge >= 0.3 is 0 Å². The number of fused-ring (bicyclic) bond motifs is 1. The van der Waals surface area contributed by atoms with Crippen molar-refractivity contribution in [3.63, 3.8) is 0 Å². The molecule has 0 aliphatic carbocycles. The van der Waals surface area contributed by atoms with Gasteiger partial charge in [-0.15, -0.1) is 0 Å². The molecule has 0 saturated heterocycles. The standard InChI is InChI=1S/C17H22N2O/c1-17(2,3)16(20)19-12-11-18-15-10-6-8-13-7-4-5-9-14(13)15/h4-10,18H,11-12H2,1-3H3,(H,19,20). The highest BCUT2D eigenvalue weighted by atomic mass is 16.2. The summed E-state index contributed by atoms with van der Waals surface area (Å²) in [6.45, 7) is 7.09. The zero-order valence-corrected chi connectivity index (χ0v) is 12.4. The number of anilines is 1. The SMILES string of the molecule is CC(C)(C)C(=O)NCCNc1cccc2ccccc12. The van der Waals surface area contributed by atoms with E-state index in [-0.39, 0.29) is 11.3 Å². The predicted molar refractivity (Wildman–Crippen MR) is 84.9 cm³/mol. The van der Waals surface area contributed by atoms with Crippen LogP contribution in [0.15, 0.2) is 42.5 Å². The molecule has 3 heteroatoms. The molecule has 2 rings (SSSR count). The lowest BCUT2D eigenvalue weighted by Crippen LogP contribution is -2.37. The number of rotatable bonds is 4. The maximum absolute atomic E-state index is 11.7. The van der Waals surface area contributed by atoms with Crippen LogP contribution >= 0.6 is 0 Å². The lowest BCUT2D eigenvalue weighted by atomic mass is 9.96. The molecule has 1 amide bonds. The molecule has 0 saturated carbocycles. The van der Waals surface area contributed by atoms with Crippen molar-refractivity contribution in [1.82, 2.24) is 5.32 Å². The van der Waals surface area contributed by atoms with E-state index in [0.717, 1.165) is 12.2 Å². The van der Waals surface area contributed by atoms with Crippen LogP contribution in [0.25, 0.3) is 10.8 Å². The van der Waals surface area contributed by atoms with E-state index in [4.69, 9.17) is 0 Å². The second-order valence-electron chi connectivity index (χ2n) is 5.96. The molecule has 0 atom stereocenters. The first kappa shape index (κ1) is 14.4. The Bertz CT molecular complexity index is 594. The average molecular weight is 270 g/mol. The zero-order valence-electron chi connectivity index (χ0n) is 12.4. The van der Waals surface area contributed by atoms with Crippen molar-refractivity contribution < 1.29 is 4.79 Å². The number of carbonyl (C=O) groups excluding carboxylic acids is 1. The summed E-state index contributed by atoms with van der Waals surface area (Å²) in [6, 6.07) is 14.5. The van der Waals surface area contributed by atoms with Crippen LogP contribution in [-0.4, -0.2) is 19.0 Å². The summed E-state index contributed by atoms with van der Waals surface area (Å²) in [4.78, 5) is 11.7. The van der Waals surface area contributed by atoms with Crippen LogP contribution in [0.3, 0.4) is 0 Å². The number of hydrogen-bond acceptors (Lipinski definition) is 2. The number of carbonyl (C=O) groups is 1. The molecule has 0 heterocycles. The van der Waals surface area contributed by atoms with Crippen LogP contribution in [-0.2, 0) is 4.79 Å². The first-order valence-corrected chi connectivity index (χ1v) is 6.98. The Morgan fingerprint density at radius 2 is 1.70 bits per heavy atom. The molecular formula is C17H22N2O. The van der Waals surface area contributed by atoms with Crippen LogP contribution in [0.5, 0.6) is 0 Å². The highest BCUT2D eigenvalue weighted by molar-refractivity contribution is 5.93.